The Kier molecular flexibility index (Phi) is 3.49. The third-order valence-corrected chi connectivity index (χ3v) is 3.04. The number of aromatic nitrogens is 2. The maximum Gasteiger partial charge on any atom is 0.226 e. The topological polar surface area (TPSA) is 54.9 Å². The molecule has 0 aliphatic rings. The average molecular weight is 247 g/mol. The third-order valence-electron chi connectivity index (χ3n) is 2.32. The van der Waals surface area contributed by atoms with Gasteiger partial charge in [0.2, 0.25) is 5.91 Å². The molecule has 4 nitrogen and oxygen atoms in total. The number of carbonyl (C=O) groups excluding carboxylic acids is 1. The minimum absolute atomic E-state index is 0.0135. The zero-order valence-corrected chi connectivity index (χ0v) is 10.5. The van der Waals surface area contributed by atoms with Gasteiger partial charge in [-0.1, -0.05) is 30.5 Å². The summed E-state index contributed by atoms with van der Waals surface area (Å²) in [6, 6.07) is 7.67. The summed E-state index contributed by atoms with van der Waals surface area (Å²) >= 11 is 1.35. The van der Waals surface area contributed by atoms with Crippen molar-refractivity contribution in [2.75, 3.05) is 5.32 Å². The zero-order chi connectivity index (χ0) is 12.3. The minimum atomic E-state index is -0.0135. The summed E-state index contributed by atoms with van der Waals surface area (Å²) in [4.78, 5) is 12.5. The van der Waals surface area contributed by atoms with Gasteiger partial charge in [0.1, 0.15) is 0 Å². The Morgan fingerprint density at radius 1 is 1.29 bits per heavy atom. The maximum atomic E-state index is 11.5. The predicted molar refractivity (Wildman–Crippen MR) is 68.8 cm³/mol. The smallest absolute Gasteiger partial charge is 0.226 e. The van der Waals surface area contributed by atoms with E-state index in [-0.39, 0.29) is 11.8 Å². The molecule has 0 unspecified atom stereocenters. The molecular weight excluding hydrogens is 234 g/mol. The highest BCUT2D eigenvalue weighted by molar-refractivity contribution is 7.09. The Balaban J connectivity index is 2.11. The first kappa shape index (κ1) is 11.7. The molecule has 1 amide bonds. The first-order valence-electron chi connectivity index (χ1n) is 5.35. The molecule has 2 rings (SSSR count). The minimum Gasteiger partial charge on any atom is -0.326 e. The van der Waals surface area contributed by atoms with Gasteiger partial charge in [-0.05, 0) is 29.2 Å². The van der Waals surface area contributed by atoms with Crippen LogP contribution in [0.3, 0.4) is 0 Å². The molecule has 1 heterocycles. The molecule has 0 aliphatic heterocycles. The normalized spacial score (nSPS) is 10.5. The van der Waals surface area contributed by atoms with Crippen LogP contribution in [0.1, 0.15) is 13.8 Å². The van der Waals surface area contributed by atoms with E-state index in [9.17, 15) is 4.79 Å². The lowest BCUT2D eigenvalue weighted by molar-refractivity contribution is -0.118. The van der Waals surface area contributed by atoms with Gasteiger partial charge in [-0.25, -0.2) is 0 Å². The van der Waals surface area contributed by atoms with E-state index in [0.29, 0.717) is 0 Å². The molecule has 0 radical (unpaired) electrons. The molecule has 1 aromatic heterocycles. The second-order valence-corrected chi connectivity index (χ2v) is 4.79. The number of rotatable bonds is 3. The number of nitrogens with one attached hydrogen (secondary N) is 1. The predicted octanol–water partition coefficient (Wildman–Crippen LogP) is 2.80. The molecule has 17 heavy (non-hydrogen) atoms. The molecule has 5 heteroatoms. The second-order valence-electron chi connectivity index (χ2n) is 4.00. The van der Waals surface area contributed by atoms with E-state index in [1.165, 1.54) is 11.5 Å². The van der Waals surface area contributed by atoms with Crippen LogP contribution in [0.25, 0.3) is 10.4 Å². The number of amides is 1. The van der Waals surface area contributed by atoms with Gasteiger partial charge in [0, 0.05) is 11.6 Å². The van der Waals surface area contributed by atoms with Crippen LogP contribution in [0.2, 0.25) is 0 Å². The lowest BCUT2D eigenvalue weighted by Crippen LogP contribution is -2.17. The molecule has 0 fully saturated rings. The molecule has 1 aromatic carbocycles. The lowest BCUT2D eigenvalue weighted by Gasteiger charge is -2.07. The fraction of sp³-hybridized carbons (Fsp3) is 0.250. The van der Waals surface area contributed by atoms with Crippen molar-refractivity contribution in [1.29, 1.82) is 0 Å². The number of benzene rings is 1. The number of nitrogens with zero attached hydrogens (tertiary/aromatic N) is 2. The Morgan fingerprint density at radius 3 is 2.53 bits per heavy atom. The van der Waals surface area contributed by atoms with Gasteiger partial charge in [-0.15, -0.1) is 5.10 Å². The van der Waals surface area contributed by atoms with Crippen LogP contribution in [0.15, 0.2) is 30.5 Å². The molecule has 0 spiro atoms. The van der Waals surface area contributed by atoms with Crippen molar-refractivity contribution in [2.24, 2.45) is 5.92 Å². The Labute approximate surface area is 104 Å². The lowest BCUT2D eigenvalue weighted by atomic mass is 10.1. The van der Waals surface area contributed by atoms with Crippen molar-refractivity contribution >= 4 is 23.1 Å². The van der Waals surface area contributed by atoms with Gasteiger partial charge in [-0.2, -0.15) is 0 Å². The van der Waals surface area contributed by atoms with Crippen LogP contribution in [0, 0.1) is 5.92 Å². The Hall–Kier alpha value is -1.75. The van der Waals surface area contributed by atoms with Gasteiger partial charge in [0.15, 0.2) is 0 Å². The van der Waals surface area contributed by atoms with E-state index in [4.69, 9.17) is 0 Å². The number of anilines is 1. The van der Waals surface area contributed by atoms with Crippen molar-refractivity contribution in [3.63, 3.8) is 0 Å². The Bertz CT molecular complexity index is 491. The van der Waals surface area contributed by atoms with E-state index < -0.39 is 0 Å². The van der Waals surface area contributed by atoms with Crippen molar-refractivity contribution in [2.45, 2.75) is 13.8 Å². The first-order chi connectivity index (χ1) is 8.16. The van der Waals surface area contributed by atoms with Gasteiger partial charge >= 0.3 is 0 Å². The van der Waals surface area contributed by atoms with E-state index in [1.807, 2.05) is 38.1 Å². The van der Waals surface area contributed by atoms with Crippen molar-refractivity contribution in [1.82, 2.24) is 9.59 Å². The highest BCUT2D eigenvalue weighted by atomic mass is 32.1. The van der Waals surface area contributed by atoms with E-state index in [0.717, 1.165) is 16.1 Å². The van der Waals surface area contributed by atoms with Crippen molar-refractivity contribution in [3.05, 3.63) is 30.5 Å². The number of hydrogen-bond acceptors (Lipinski definition) is 4. The summed E-state index contributed by atoms with van der Waals surface area (Å²) in [5.74, 6) is 0.0116. The highest BCUT2D eigenvalue weighted by Crippen LogP contribution is 2.23. The summed E-state index contributed by atoms with van der Waals surface area (Å²) in [7, 11) is 0. The second kappa shape index (κ2) is 5.05. The van der Waals surface area contributed by atoms with Crippen LogP contribution in [0.5, 0.6) is 0 Å². The molecule has 0 saturated heterocycles. The standard InChI is InChI=1S/C12H13N3OS/c1-8(2)12(16)14-10-5-3-9(4-6-10)11-7-13-15-17-11/h3-8H,1-2H3,(H,14,16). The summed E-state index contributed by atoms with van der Waals surface area (Å²) in [5.41, 5.74) is 1.87. The SMILES string of the molecule is CC(C)C(=O)Nc1ccc(-c2cnns2)cc1. The number of hydrogen-bond donors (Lipinski definition) is 1. The van der Waals surface area contributed by atoms with Crippen molar-refractivity contribution < 1.29 is 4.79 Å². The molecule has 88 valence electrons. The number of carbonyl (C=O) groups is 1. The van der Waals surface area contributed by atoms with Gasteiger partial charge in [0.05, 0.1) is 11.1 Å². The van der Waals surface area contributed by atoms with E-state index in [1.54, 1.807) is 6.20 Å². The molecule has 0 bridgehead atoms. The molecule has 2 aromatic rings. The van der Waals surface area contributed by atoms with Crippen LogP contribution >= 0.6 is 11.5 Å². The van der Waals surface area contributed by atoms with E-state index >= 15 is 0 Å². The summed E-state index contributed by atoms with van der Waals surface area (Å²) < 4.78 is 3.81. The average Bonchev–Trinajstić information content (AvgIpc) is 2.83. The fourth-order valence-corrected chi connectivity index (χ4v) is 1.82. The van der Waals surface area contributed by atoms with Gasteiger partial charge in [0.25, 0.3) is 0 Å². The monoisotopic (exact) mass is 247 g/mol. The van der Waals surface area contributed by atoms with Gasteiger partial charge < -0.3 is 5.32 Å². The van der Waals surface area contributed by atoms with Gasteiger partial charge in [-0.3, -0.25) is 4.79 Å². The van der Waals surface area contributed by atoms with Crippen LogP contribution in [0.4, 0.5) is 5.69 Å². The molecule has 0 atom stereocenters. The fourth-order valence-electron chi connectivity index (χ4n) is 1.30. The highest BCUT2D eigenvalue weighted by Gasteiger charge is 2.07. The van der Waals surface area contributed by atoms with Crippen LogP contribution < -0.4 is 5.32 Å². The molecule has 1 N–H and O–H groups in total. The quantitative estimate of drug-likeness (QED) is 0.907. The van der Waals surface area contributed by atoms with Crippen molar-refractivity contribution in [3.8, 4) is 10.4 Å². The summed E-state index contributed by atoms with van der Waals surface area (Å²) in [6.07, 6.45) is 1.73. The van der Waals surface area contributed by atoms with Crippen LogP contribution in [-0.4, -0.2) is 15.5 Å². The summed E-state index contributed by atoms with van der Waals surface area (Å²) in [5, 5.41) is 6.64. The largest absolute Gasteiger partial charge is 0.326 e. The Morgan fingerprint density at radius 2 is 2.00 bits per heavy atom. The maximum absolute atomic E-state index is 11.5. The molecule has 0 saturated carbocycles. The third kappa shape index (κ3) is 2.88. The van der Waals surface area contributed by atoms with Crippen LogP contribution in [-0.2, 0) is 4.79 Å². The molecular formula is C12H13N3OS. The molecule has 0 aliphatic carbocycles. The summed E-state index contributed by atoms with van der Waals surface area (Å²) in [6.45, 7) is 3.74. The zero-order valence-electron chi connectivity index (χ0n) is 9.68. The van der Waals surface area contributed by atoms with E-state index in [2.05, 4.69) is 14.9 Å². The first-order valence-corrected chi connectivity index (χ1v) is 6.13.